The maximum absolute atomic E-state index is 12.7. The lowest BCUT2D eigenvalue weighted by molar-refractivity contribution is 0.0612. The van der Waals surface area contributed by atoms with Crippen molar-refractivity contribution in [1.29, 1.82) is 0 Å². The second-order valence-corrected chi connectivity index (χ2v) is 5.45. The van der Waals surface area contributed by atoms with Gasteiger partial charge in [-0.25, -0.2) is 4.98 Å². The van der Waals surface area contributed by atoms with Crippen LogP contribution in [0.1, 0.15) is 22.7 Å². The highest BCUT2D eigenvalue weighted by Crippen LogP contribution is 2.15. The Balaban J connectivity index is 2.14. The quantitative estimate of drug-likeness (QED) is 0.752. The minimum Gasteiger partial charge on any atom is -0.334 e. The van der Waals surface area contributed by atoms with Crippen LogP contribution in [0.4, 0.5) is 8.78 Å². The van der Waals surface area contributed by atoms with Gasteiger partial charge in [-0.3, -0.25) is 9.36 Å². The first kappa shape index (κ1) is 14.9. The van der Waals surface area contributed by atoms with Gasteiger partial charge in [0.2, 0.25) is 0 Å². The van der Waals surface area contributed by atoms with Crippen LogP contribution in [0.2, 0.25) is 0 Å². The van der Waals surface area contributed by atoms with Crippen molar-refractivity contribution >= 4 is 28.5 Å². The molecule has 0 saturated heterocycles. The van der Waals surface area contributed by atoms with Gasteiger partial charge >= 0.3 is 6.55 Å². The van der Waals surface area contributed by atoms with E-state index in [4.69, 9.17) is 0 Å². The summed E-state index contributed by atoms with van der Waals surface area (Å²) < 4.78 is 27.1. The molecule has 0 spiro atoms. The van der Waals surface area contributed by atoms with Gasteiger partial charge in [0.25, 0.3) is 5.91 Å². The van der Waals surface area contributed by atoms with E-state index in [1.165, 1.54) is 17.3 Å². The van der Waals surface area contributed by atoms with Crippen LogP contribution in [0.3, 0.4) is 0 Å². The van der Waals surface area contributed by atoms with Gasteiger partial charge in [-0.05, 0) is 40.8 Å². The average molecular weight is 391 g/mol. The first-order chi connectivity index (χ1) is 9.49. The zero-order chi connectivity index (χ0) is 14.7. The van der Waals surface area contributed by atoms with E-state index in [1.54, 1.807) is 25.2 Å². The van der Waals surface area contributed by atoms with Crippen LogP contribution in [0.15, 0.2) is 36.7 Å². The monoisotopic (exact) mass is 391 g/mol. The number of imidazole rings is 1. The first-order valence-electron chi connectivity index (χ1n) is 5.80. The van der Waals surface area contributed by atoms with Crippen molar-refractivity contribution in [3.8, 4) is 0 Å². The van der Waals surface area contributed by atoms with Gasteiger partial charge in [0.15, 0.2) is 0 Å². The standard InChI is InChI=1S/C13H12F2IN3O/c1-18(8-11-17-5-6-19(11)13(14)15)12(20)9-3-2-4-10(16)7-9/h2-7,13H,8H2,1H3. The molecule has 1 aromatic carbocycles. The van der Waals surface area contributed by atoms with E-state index >= 15 is 0 Å². The number of rotatable bonds is 4. The lowest BCUT2D eigenvalue weighted by Gasteiger charge is -2.17. The first-order valence-corrected chi connectivity index (χ1v) is 6.88. The Morgan fingerprint density at radius 2 is 2.25 bits per heavy atom. The summed E-state index contributed by atoms with van der Waals surface area (Å²) in [7, 11) is 1.56. The Morgan fingerprint density at radius 3 is 2.90 bits per heavy atom. The minimum absolute atomic E-state index is 0.0294. The van der Waals surface area contributed by atoms with E-state index in [0.29, 0.717) is 5.56 Å². The summed E-state index contributed by atoms with van der Waals surface area (Å²) >= 11 is 2.11. The molecule has 0 bridgehead atoms. The van der Waals surface area contributed by atoms with Gasteiger partial charge in [0.05, 0.1) is 6.54 Å². The molecule has 0 radical (unpaired) electrons. The molecule has 1 aromatic heterocycles. The molecule has 0 unspecified atom stereocenters. The fourth-order valence-corrected chi connectivity index (χ4v) is 2.31. The number of benzene rings is 1. The molecule has 0 aliphatic rings. The Bertz CT molecular complexity index is 615. The largest absolute Gasteiger partial charge is 0.334 e. The van der Waals surface area contributed by atoms with Gasteiger partial charge in [-0.1, -0.05) is 6.07 Å². The molecule has 1 amide bonds. The van der Waals surface area contributed by atoms with Crippen molar-refractivity contribution in [3.05, 3.63) is 51.6 Å². The summed E-state index contributed by atoms with van der Waals surface area (Å²) in [6.45, 7) is -2.63. The van der Waals surface area contributed by atoms with E-state index < -0.39 is 6.55 Å². The number of carbonyl (C=O) groups excluding carboxylic acids is 1. The molecule has 106 valence electrons. The zero-order valence-electron chi connectivity index (χ0n) is 10.6. The summed E-state index contributed by atoms with van der Waals surface area (Å²) in [5.41, 5.74) is 0.523. The third kappa shape index (κ3) is 3.33. The molecule has 0 saturated carbocycles. The molecule has 1 heterocycles. The number of carbonyl (C=O) groups is 1. The minimum atomic E-state index is -2.66. The Kier molecular flexibility index (Phi) is 4.69. The van der Waals surface area contributed by atoms with Crippen LogP contribution in [0.5, 0.6) is 0 Å². The molecule has 0 aliphatic heterocycles. The number of hydrogen-bond acceptors (Lipinski definition) is 2. The molecule has 20 heavy (non-hydrogen) atoms. The number of alkyl halides is 2. The van der Waals surface area contributed by atoms with Crippen LogP contribution in [0, 0.1) is 3.57 Å². The Hall–Kier alpha value is -1.51. The predicted octanol–water partition coefficient (Wildman–Crippen LogP) is 3.16. The second-order valence-electron chi connectivity index (χ2n) is 4.20. The van der Waals surface area contributed by atoms with E-state index in [2.05, 4.69) is 27.6 Å². The molecular formula is C13H12F2IN3O. The summed E-state index contributed by atoms with van der Waals surface area (Å²) in [4.78, 5) is 17.4. The molecule has 2 aromatic rings. The zero-order valence-corrected chi connectivity index (χ0v) is 12.8. The topological polar surface area (TPSA) is 38.1 Å². The summed E-state index contributed by atoms with van der Waals surface area (Å²) in [5, 5.41) is 0. The van der Waals surface area contributed by atoms with Gasteiger partial charge in [0, 0.05) is 28.6 Å². The average Bonchev–Trinajstić information content (AvgIpc) is 2.86. The third-order valence-electron chi connectivity index (χ3n) is 2.76. The van der Waals surface area contributed by atoms with Gasteiger partial charge in [-0.15, -0.1) is 0 Å². The van der Waals surface area contributed by atoms with E-state index in [-0.39, 0.29) is 18.3 Å². The normalized spacial score (nSPS) is 10.8. The molecule has 0 aliphatic carbocycles. The van der Waals surface area contributed by atoms with Crippen LogP contribution < -0.4 is 0 Å². The third-order valence-corrected chi connectivity index (χ3v) is 3.43. The Morgan fingerprint density at radius 1 is 1.50 bits per heavy atom. The van der Waals surface area contributed by atoms with Crippen molar-refractivity contribution in [2.75, 3.05) is 7.05 Å². The SMILES string of the molecule is CN(Cc1nccn1C(F)F)C(=O)c1cccc(I)c1. The second kappa shape index (κ2) is 6.29. The lowest BCUT2D eigenvalue weighted by atomic mass is 10.2. The van der Waals surface area contributed by atoms with Crippen LogP contribution >= 0.6 is 22.6 Å². The molecule has 7 heteroatoms. The summed E-state index contributed by atoms with van der Waals surface area (Å²) in [5.74, 6) is -0.0752. The summed E-state index contributed by atoms with van der Waals surface area (Å²) in [6, 6.07) is 7.10. The fourth-order valence-electron chi connectivity index (χ4n) is 1.77. The highest BCUT2D eigenvalue weighted by molar-refractivity contribution is 14.1. The van der Waals surface area contributed by atoms with Crippen molar-refractivity contribution in [1.82, 2.24) is 14.5 Å². The van der Waals surface area contributed by atoms with Crippen molar-refractivity contribution in [2.24, 2.45) is 0 Å². The smallest absolute Gasteiger partial charge is 0.319 e. The van der Waals surface area contributed by atoms with E-state index in [0.717, 1.165) is 8.14 Å². The van der Waals surface area contributed by atoms with Crippen LogP contribution in [0.25, 0.3) is 0 Å². The van der Waals surface area contributed by atoms with Crippen molar-refractivity contribution in [3.63, 3.8) is 0 Å². The number of hydrogen-bond donors (Lipinski definition) is 0. The highest BCUT2D eigenvalue weighted by atomic mass is 127. The van der Waals surface area contributed by atoms with Gasteiger partial charge in [0.1, 0.15) is 5.82 Å². The van der Waals surface area contributed by atoms with E-state index in [9.17, 15) is 13.6 Å². The Labute approximate surface area is 128 Å². The van der Waals surface area contributed by atoms with Crippen molar-refractivity contribution < 1.29 is 13.6 Å². The molecule has 0 atom stereocenters. The summed E-state index contributed by atoms with van der Waals surface area (Å²) in [6.07, 6.45) is 2.50. The molecule has 0 fully saturated rings. The molecule has 2 rings (SSSR count). The van der Waals surface area contributed by atoms with Gasteiger partial charge in [-0.2, -0.15) is 8.78 Å². The maximum Gasteiger partial charge on any atom is 0.319 e. The van der Waals surface area contributed by atoms with Crippen molar-refractivity contribution in [2.45, 2.75) is 13.1 Å². The van der Waals surface area contributed by atoms with Gasteiger partial charge < -0.3 is 4.90 Å². The van der Waals surface area contributed by atoms with Crippen LogP contribution in [-0.2, 0) is 6.54 Å². The number of amides is 1. The number of nitrogens with zero attached hydrogens (tertiary/aromatic N) is 3. The number of halogens is 3. The predicted molar refractivity (Wildman–Crippen MR) is 78.4 cm³/mol. The number of aromatic nitrogens is 2. The fraction of sp³-hybridized carbons (Fsp3) is 0.231. The van der Waals surface area contributed by atoms with Crippen LogP contribution in [-0.4, -0.2) is 27.4 Å². The molecule has 0 N–H and O–H groups in total. The maximum atomic E-state index is 12.7. The highest BCUT2D eigenvalue weighted by Gasteiger charge is 2.17. The molecule has 4 nitrogen and oxygen atoms in total. The molecular weight excluding hydrogens is 379 g/mol. The van der Waals surface area contributed by atoms with E-state index in [1.807, 2.05) is 6.07 Å². The lowest BCUT2D eigenvalue weighted by Crippen LogP contribution is -2.27.